The molecule has 0 saturated heterocycles. The van der Waals surface area contributed by atoms with Gasteiger partial charge in [0.25, 0.3) is 0 Å². The number of nitrogens with zero attached hydrogens (tertiary/aromatic N) is 1. The van der Waals surface area contributed by atoms with Crippen molar-refractivity contribution in [1.82, 2.24) is 4.98 Å². The lowest BCUT2D eigenvalue weighted by atomic mass is 10.1. The van der Waals surface area contributed by atoms with E-state index in [0.717, 1.165) is 21.3 Å². The number of hydrogen-bond acceptors (Lipinski definition) is 3. The highest BCUT2D eigenvalue weighted by atomic mass is 32.1. The molecule has 3 rings (SSSR count). The van der Waals surface area contributed by atoms with E-state index in [2.05, 4.69) is 10.3 Å². The molecule has 1 aromatic heterocycles. The van der Waals surface area contributed by atoms with Crippen molar-refractivity contribution in [3.05, 3.63) is 58.9 Å². The smallest absolute Gasteiger partial charge is 0.230 e. The molecule has 0 bridgehead atoms. The Bertz CT molecular complexity index is 818. The highest BCUT2D eigenvalue weighted by Crippen LogP contribution is 2.30. The van der Waals surface area contributed by atoms with Crippen LogP contribution in [0.3, 0.4) is 0 Å². The number of nitrogens with one attached hydrogen (secondary N) is 1. The Kier molecular flexibility index (Phi) is 3.90. The summed E-state index contributed by atoms with van der Waals surface area (Å²) < 4.78 is 14.6. The number of aromatic nitrogens is 1. The van der Waals surface area contributed by atoms with E-state index >= 15 is 0 Å². The van der Waals surface area contributed by atoms with Gasteiger partial charge in [-0.25, -0.2) is 9.37 Å². The van der Waals surface area contributed by atoms with Crippen LogP contribution in [0.4, 0.5) is 9.52 Å². The second-order valence-electron chi connectivity index (χ2n) is 5.21. The lowest BCUT2D eigenvalue weighted by Gasteiger charge is -2.02. The van der Waals surface area contributed by atoms with Gasteiger partial charge in [-0.15, -0.1) is 0 Å². The molecule has 1 amide bonds. The van der Waals surface area contributed by atoms with E-state index in [9.17, 15) is 9.18 Å². The summed E-state index contributed by atoms with van der Waals surface area (Å²) in [5, 5.41) is 3.31. The number of carbonyl (C=O) groups is 1. The number of aryl methyl sites for hydroxylation is 2. The number of rotatable bonds is 3. The van der Waals surface area contributed by atoms with Crippen molar-refractivity contribution in [2.75, 3.05) is 5.32 Å². The van der Waals surface area contributed by atoms with Gasteiger partial charge in [-0.1, -0.05) is 41.7 Å². The number of hydrogen-bond donors (Lipinski definition) is 1. The molecule has 0 aliphatic rings. The second-order valence-corrected chi connectivity index (χ2v) is 6.21. The summed E-state index contributed by atoms with van der Waals surface area (Å²) in [6, 6.07) is 10.4. The van der Waals surface area contributed by atoms with E-state index in [-0.39, 0.29) is 18.1 Å². The Labute approximate surface area is 131 Å². The molecule has 0 unspecified atom stereocenters. The van der Waals surface area contributed by atoms with E-state index in [1.54, 1.807) is 18.2 Å². The third-order valence-electron chi connectivity index (χ3n) is 3.50. The molecule has 0 spiro atoms. The van der Waals surface area contributed by atoms with E-state index < -0.39 is 0 Å². The molecule has 1 heterocycles. The van der Waals surface area contributed by atoms with Gasteiger partial charge in [0.1, 0.15) is 5.82 Å². The number of amides is 1. The van der Waals surface area contributed by atoms with Crippen LogP contribution in [0.1, 0.15) is 16.7 Å². The highest BCUT2D eigenvalue weighted by Gasteiger charge is 2.12. The Morgan fingerprint density at radius 1 is 1.18 bits per heavy atom. The van der Waals surface area contributed by atoms with Crippen molar-refractivity contribution in [3.8, 4) is 0 Å². The first kappa shape index (κ1) is 14.7. The average molecular weight is 314 g/mol. The molecule has 0 aliphatic carbocycles. The SMILES string of the molecule is Cc1ccc(C)c2sc(NC(=O)Cc3ccccc3F)nc12. The van der Waals surface area contributed by atoms with Gasteiger partial charge in [-0.3, -0.25) is 4.79 Å². The minimum Gasteiger partial charge on any atom is -0.302 e. The molecule has 0 radical (unpaired) electrons. The molecule has 3 aromatic rings. The molecule has 5 heteroatoms. The first-order valence-corrected chi connectivity index (χ1v) is 7.76. The Morgan fingerprint density at radius 3 is 2.64 bits per heavy atom. The topological polar surface area (TPSA) is 42.0 Å². The molecule has 112 valence electrons. The number of anilines is 1. The molecular formula is C17H15FN2OS. The minimum absolute atomic E-state index is 0.000558. The van der Waals surface area contributed by atoms with Gasteiger partial charge in [0.2, 0.25) is 5.91 Å². The quantitative estimate of drug-likeness (QED) is 0.786. The van der Waals surface area contributed by atoms with E-state index in [1.165, 1.54) is 17.4 Å². The molecule has 22 heavy (non-hydrogen) atoms. The van der Waals surface area contributed by atoms with E-state index in [4.69, 9.17) is 0 Å². The molecule has 0 aliphatic heterocycles. The normalized spacial score (nSPS) is 10.9. The van der Waals surface area contributed by atoms with Gasteiger partial charge < -0.3 is 5.32 Å². The molecule has 0 atom stereocenters. The summed E-state index contributed by atoms with van der Waals surface area (Å²) in [5.41, 5.74) is 3.50. The maximum absolute atomic E-state index is 13.6. The summed E-state index contributed by atoms with van der Waals surface area (Å²) in [6.45, 7) is 4.01. The highest BCUT2D eigenvalue weighted by molar-refractivity contribution is 7.22. The van der Waals surface area contributed by atoms with Crippen molar-refractivity contribution in [3.63, 3.8) is 0 Å². The fraction of sp³-hybridized carbons (Fsp3) is 0.176. The van der Waals surface area contributed by atoms with E-state index in [0.29, 0.717) is 10.7 Å². The van der Waals surface area contributed by atoms with E-state index in [1.807, 2.05) is 26.0 Å². The van der Waals surface area contributed by atoms with Crippen LogP contribution in [0.5, 0.6) is 0 Å². The van der Waals surface area contributed by atoms with Crippen molar-refractivity contribution in [2.24, 2.45) is 0 Å². The predicted octanol–water partition coefficient (Wildman–Crippen LogP) is 4.23. The summed E-state index contributed by atoms with van der Waals surface area (Å²) in [4.78, 5) is 16.5. The molecule has 0 fully saturated rings. The average Bonchev–Trinajstić information content (AvgIpc) is 2.90. The zero-order valence-electron chi connectivity index (χ0n) is 12.3. The van der Waals surface area contributed by atoms with Crippen molar-refractivity contribution >= 4 is 32.6 Å². The van der Waals surface area contributed by atoms with Gasteiger partial charge in [-0.05, 0) is 36.6 Å². The van der Waals surface area contributed by atoms with Gasteiger partial charge in [0, 0.05) is 0 Å². The van der Waals surface area contributed by atoms with Gasteiger partial charge in [0.05, 0.1) is 16.6 Å². The number of benzene rings is 2. The Morgan fingerprint density at radius 2 is 1.91 bits per heavy atom. The van der Waals surface area contributed by atoms with Gasteiger partial charge >= 0.3 is 0 Å². The Balaban J connectivity index is 1.81. The number of carbonyl (C=O) groups excluding carboxylic acids is 1. The number of halogens is 1. The monoisotopic (exact) mass is 314 g/mol. The number of thiazole rings is 1. The molecular weight excluding hydrogens is 299 g/mol. The Hall–Kier alpha value is -2.27. The molecule has 0 saturated carbocycles. The van der Waals surface area contributed by atoms with Gasteiger partial charge in [-0.2, -0.15) is 0 Å². The largest absolute Gasteiger partial charge is 0.302 e. The van der Waals surface area contributed by atoms with Crippen LogP contribution in [0.25, 0.3) is 10.2 Å². The first-order chi connectivity index (χ1) is 10.5. The fourth-order valence-corrected chi connectivity index (χ4v) is 3.32. The van der Waals surface area contributed by atoms with Gasteiger partial charge in [0.15, 0.2) is 5.13 Å². The lowest BCUT2D eigenvalue weighted by molar-refractivity contribution is -0.115. The summed E-state index contributed by atoms with van der Waals surface area (Å²) >= 11 is 1.44. The summed E-state index contributed by atoms with van der Waals surface area (Å²) in [6.07, 6.45) is 0.000558. The zero-order valence-corrected chi connectivity index (χ0v) is 13.1. The minimum atomic E-state index is -0.367. The van der Waals surface area contributed by atoms with Crippen LogP contribution in [0, 0.1) is 19.7 Å². The maximum Gasteiger partial charge on any atom is 0.230 e. The van der Waals surface area contributed by atoms with Crippen LogP contribution in [-0.2, 0) is 11.2 Å². The van der Waals surface area contributed by atoms with Crippen LogP contribution < -0.4 is 5.32 Å². The third kappa shape index (κ3) is 2.85. The zero-order chi connectivity index (χ0) is 15.7. The first-order valence-electron chi connectivity index (χ1n) is 6.94. The molecule has 1 N–H and O–H groups in total. The van der Waals surface area contributed by atoms with Crippen LogP contribution in [-0.4, -0.2) is 10.9 Å². The fourth-order valence-electron chi connectivity index (χ4n) is 2.29. The predicted molar refractivity (Wildman–Crippen MR) is 87.8 cm³/mol. The lowest BCUT2D eigenvalue weighted by Crippen LogP contribution is -2.14. The summed E-state index contributed by atoms with van der Waals surface area (Å²) in [5.74, 6) is -0.631. The molecule has 3 nitrogen and oxygen atoms in total. The van der Waals surface area contributed by atoms with Crippen LogP contribution >= 0.6 is 11.3 Å². The second kappa shape index (κ2) is 5.85. The van der Waals surface area contributed by atoms with Crippen LogP contribution in [0.2, 0.25) is 0 Å². The molecule has 2 aromatic carbocycles. The van der Waals surface area contributed by atoms with Crippen molar-refractivity contribution in [1.29, 1.82) is 0 Å². The summed E-state index contributed by atoms with van der Waals surface area (Å²) in [7, 11) is 0. The van der Waals surface area contributed by atoms with Crippen molar-refractivity contribution in [2.45, 2.75) is 20.3 Å². The number of fused-ring (bicyclic) bond motifs is 1. The third-order valence-corrected chi connectivity index (χ3v) is 4.60. The standard InChI is InChI=1S/C17H15FN2OS/c1-10-7-8-11(2)16-15(10)20-17(22-16)19-14(21)9-12-5-3-4-6-13(12)18/h3-8H,9H2,1-2H3,(H,19,20,21). The van der Waals surface area contributed by atoms with Crippen LogP contribution in [0.15, 0.2) is 36.4 Å². The maximum atomic E-state index is 13.6. The van der Waals surface area contributed by atoms with Crippen molar-refractivity contribution < 1.29 is 9.18 Å².